The van der Waals surface area contributed by atoms with Crippen LogP contribution in [0.25, 0.3) is 0 Å². The second-order valence-electron chi connectivity index (χ2n) is 6.02. The quantitative estimate of drug-likeness (QED) is 0.853. The fourth-order valence-electron chi connectivity index (χ4n) is 2.94. The van der Waals surface area contributed by atoms with E-state index in [1.807, 2.05) is 12.1 Å². The maximum atomic E-state index is 13.5. The fourth-order valence-corrected chi connectivity index (χ4v) is 2.94. The van der Waals surface area contributed by atoms with Crippen molar-refractivity contribution >= 4 is 11.6 Å². The summed E-state index contributed by atoms with van der Waals surface area (Å²) in [5, 5.41) is 0. The van der Waals surface area contributed by atoms with Crippen LogP contribution in [0.15, 0.2) is 42.5 Å². The second-order valence-corrected chi connectivity index (χ2v) is 6.02. The minimum atomic E-state index is -0.808. The number of hydrogen-bond acceptors (Lipinski definition) is 3. The summed E-state index contributed by atoms with van der Waals surface area (Å²) in [6, 6.07) is 11.2. The predicted octanol–water partition coefficient (Wildman–Crippen LogP) is 3.00. The molecule has 1 heterocycles. The van der Waals surface area contributed by atoms with Gasteiger partial charge in [0.15, 0.2) is 18.2 Å². The number of carbonyl (C=O) groups is 1. The molecule has 0 atom stereocenters. The third-order valence-electron chi connectivity index (χ3n) is 4.33. The molecule has 0 unspecified atom stereocenters. The van der Waals surface area contributed by atoms with Crippen LogP contribution in [0.1, 0.15) is 5.56 Å². The first-order valence-electron chi connectivity index (χ1n) is 8.21. The molecule has 3 rings (SSSR count). The van der Waals surface area contributed by atoms with Crippen molar-refractivity contribution in [1.29, 1.82) is 0 Å². The number of aryl methyl sites for hydroxylation is 1. The van der Waals surface area contributed by atoms with Crippen molar-refractivity contribution in [2.45, 2.75) is 6.92 Å². The molecule has 1 aliphatic heterocycles. The summed E-state index contributed by atoms with van der Waals surface area (Å²) < 4.78 is 31.6. The second kappa shape index (κ2) is 7.51. The van der Waals surface area contributed by atoms with E-state index in [9.17, 15) is 13.6 Å². The first-order valence-corrected chi connectivity index (χ1v) is 8.21. The third kappa shape index (κ3) is 4.07. The van der Waals surface area contributed by atoms with Crippen LogP contribution < -0.4 is 9.64 Å². The smallest absolute Gasteiger partial charge is 0.260 e. The van der Waals surface area contributed by atoms with Gasteiger partial charge in [-0.15, -0.1) is 0 Å². The Morgan fingerprint density at radius 1 is 1.08 bits per heavy atom. The van der Waals surface area contributed by atoms with Crippen molar-refractivity contribution in [3.63, 3.8) is 0 Å². The van der Waals surface area contributed by atoms with Crippen LogP contribution in [0.5, 0.6) is 5.75 Å². The Balaban J connectivity index is 1.52. The summed E-state index contributed by atoms with van der Waals surface area (Å²) in [6.07, 6.45) is 0. The molecule has 1 amide bonds. The number of benzene rings is 2. The molecule has 2 aromatic rings. The summed E-state index contributed by atoms with van der Waals surface area (Å²) in [7, 11) is 0. The topological polar surface area (TPSA) is 32.8 Å². The van der Waals surface area contributed by atoms with Crippen molar-refractivity contribution in [2.24, 2.45) is 0 Å². The Morgan fingerprint density at radius 3 is 2.48 bits per heavy atom. The van der Waals surface area contributed by atoms with Crippen LogP contribution in [0.2, 0.25) is 0 Å². The Kier molecular flexibility index (Phi) is 5.16. The van der Waals surface area contributed by atoms with Gasteiger partial charge in [-0.25, -0.2) is 8.78 Å². The van der Waals surface area contributed by atoms with Gasteiger partial charge in [-0.2, -0.15) is 0 Å². The molecule has 132 valence electrons. The van der Waals surface area contributed by atoms with E-state index in [0.29, 0.717) is 13.1 Å². The maximum Gasteiger partial charge on any atom is 0.260 e. The molecule has 0 spiro atoms. The van der Waals surface area contributed by atoms with Crippen LogP contribution in [0, 0.1) is 18.6 Å². The highest BCUT2D eigenvalue weighted by Gasteiger charge is 2.22. The lowest BCUT2D eigenvalue weighted by Crippen LogP contribution is -2.50. The van der Waals surface area contributed by atoms with E-state index in [4.69, 9.17) is 4.74 Å². The summed E-state index contributed by atoms with van der Waals surface area (Å²) in [5.74, 6) is -1.80. The lowest BCUT2D eigenvalue weighted by molar-refractivity contribution is -0.133. The number of ether oxygens (including phenoxy) is 1. The van der Waals surface area contributed by atoms with E-state index < -0.39 is 11.6 Å². The molecular weight excluding hydrogens is 326 g/mol. The van der Waals surface area contributed by atoms with Crippen molar-refractivity contribution < 1.29 is 18.3 Å². The highest BCUT2D eigenvalue weighted by molar-refractivity contribution is 5.78. The highest BCUT2D eigenvalue weighted by Crippen LogP contribution is 2.21. The number of amides is 1. The summed E-state index contributed by atoms with van der Waals surface area (Å²) >= 11 is 0. The van der Waals surface area contributed by atoms with Gasteiger partial charge in [0.25, 0.3) is 5.91 Å². The fraction of sp³-hybridized carbons (Fsp3) is 0.316. The van der Waals surface area contributed by atoms with Gasteiger partial charge < -0.3 is 14.5 Å². The normalized spacial score (nSPS) is 14.5. The summed E-state index contributed by atoms with van der Waals surface area (Å²) in [4.78, 5) is 16.2. The molecule has 1 aliphatic rings. The zero-order valence-corrected chi connectivity index (χ0v) is 14.0. The number of rotatable bonds is 4. The Bertz CT molecular complexity index is 759. The molecule has 1 fully saturated rings. The Hall–Kier alpha value is -2.63. The van der Waals surface area contributed by atoms with Crippen LogP contribution in [0.3, 0.4) is 0 Å². The number of nitrogens with zero attached hydrogens (tertiary/aromatic N) is 2. The summed E-state index contributed by atoms with van der Waals surface area (Å²) in [6.45, 7) is 4.46. The number of para-hydroxylation sites is 1. The van der Waals surface area contributed by atoms with Gasteiger partial charge in [0.2, 0.25) is 0 Å². The molecule has 4 nitrogen and oxygen atoms in total. The van der Waals surface area contributed by atoms with Gasteiger partial charge in [-0.3, -0.25) is 4.79 Å². The number of halogens is 2. The first-order chi connectivity index (χ1) is 12.0. The SMILES string of the molecule is Cc1ccccc1N1CCN(C(=O)COc2ccc(F)cc2F)CC1. The van der Waals surface area contributed by atoms with Crippen LogP contribution in [-0.2, 0) is 4.79 Å². The van der Waals surface area contributed by atoms with Gasteiger partial charge in [0.1, 0.15) is 5.82 Å². The van der Waals surface area contributed by atoms with Gasteiger partial charge in [-0.1, -0.05) is 18.2 Å². The van der Waals surface area contributed by atoms with Crippen LogP contribution in [-0.4, -0.2) is 43.6 Å². The van der Waals surface area contributed by atoms with E-state index in [-0.39, 0.29) is 18.3 Å². The minimum absolute atomic E-state index is 0.117. The predicted molar refractivity (Wildman–Crippen MR) is 91.8 cm³/mol. The van der Waals surface area contributed by atoms with E-state index >= 15 is 0 Å². The molecule has 1 saturated heterocycles. The van der Waals surface area contributed by atoms with Crippen LogP contribution >= 0.6 is 0 Å². The molecule has 25 heavy (non-hydrogen) atoms. The molecule has 6 heteroatoms. The average Bonchev–Trinajstić information content (AvgIpc) is 2.61. The largest absolute Gasteiger partial charge is 0.481 e. The van der Waals surface area contributed by atoms with Gasteiger partial charge in [0, 0.05) is 37.9 Å². The zero-order chi connectivity index (χ0) is 17.8. The summed E-state index contributed by atoms with van der Waals surface area (Å²) in [5.41, 5.74) is 2.39. The van der Waals surface area contributed by atoms with E-state index in [2.05, 4.69) is 24.0 Å². The number of piperazine rings is 1. The van der Waals surface area contributed by atoms with E-state index in [1.165, 1.54) is 17.3 Å². The van der Waals surface area contributed by atoms with E-state index in [1.54, 1.807) is 4.90 Å². The molecule has 0 N–H and O–H groups in total. The van der Waals surface area contributed by atoms with Crippen molar-refractivity contribution in [3.05, 3.63) is 59.7 Å². The van der Waals surface area contributed by atoms with Gasteiger partial charge >= 0.3 is 0 Å². The molecule has 0 aromatic heterocycles. The highest BCUT2D eigenvalue weighted by atomic mass is 19.1. The van der Waals surface area contributed by atoms with E-state index in [0.717, 1.165) is 25.2 Å². The molecule has 0 saturated carbocycles. The molecule has 0 aliphatic carbocycles. The lowest BCUT2D eigenvalue weighted by Gasteiger charge is -2.36. The van der Waals surface area contributed by atoms with Crippen molar-refractivity contribution in [2.75, 3.05) is 37.7 Å². The third-order valence-corrected chi connectivity index (χ3v) is 4.33. The average molecular weight is 346 g/mol. The Morgan fingerprint density at radius 2 is 1.80 bits per heavy atom. The van der Waals surface area contributed by atoms with Gasteiger partial charge in [0.05, 0.1) is 0 Å². The Labute approximate surface area is 145 Å². The van der Waals surface area contributed by atoms with Crippen molar-refractivity contribution in [1.82, 2.24) is 4.90 Å². The maximum absolute atomic E-state index is 13.5. The van der Waals surface area contributed by atoms with Crippen LogP contribution in [0.4, 0.5) is 14.5 Å². The number of anilines is 1. The standard InChI is InChI=1S/C19H20F2N2O2/c1-14-4-2-3-5-17(14)22-8-10-23(11-9-22)19(24)13-25-18-7-6-15(20)12-16(18)21/h2-7,12H,8-11,13H2,1H3. The minimum Gasteiger partial charge on any atom is -0.481 e. The molecule has 0 bridgehead atoms. The number of hydrogen-bond donors (Lipinski definition) is 0. The number of carbonyl (C=O) groups excluding carboxylic acids is 1. The monoisotopic (exact) mass is 346 g/mol. The molecular formula is C19H20F2N2O2. The van der Waals surface area contributed by atoms with Crippen molar-refractivity contribution in [3.8, 4) is 5.75 Å². The molecule has 2 aromatic carbocycles. The first kappa shape index (κ1) is 17.2. The lowest BCUT2D eigenvalue weighted by atomic mass is 10.1. The molecule has 0 radical (unpaired) electrons. The van der Waals surface area contributed by atoms with Gasteiger partial charge in [-0.05, 0) is 30.7 Å². The zero-order valence-electron chi connectivity index (χ0n) is 14.0.